The molecule has 0 aromatic carbocycles. The van der Waals surface area contributed by atoms with Crippen LogP contribution < -0.4 is 18.9 Å². The zero-order valence-electron chi connectivity index (χ0n) is 14.3. The summed E-state index contributed by atoms with van der Waals surface area (Å²) in [4.78, 5) is 12.7. The molecule has 1 saturated heterocycles. The molecule has 144 valence electrons. The molecular weight excluding hydrogens is 399 g/mol. The van der Waals surface area contributed by atoms with Crippen LogP contribution in [0.4, 0.5) is 0 Å². The third-order valence-electron chi connectivity index (χ3n) is 4.06. The lowest BCUT2D eigenvalue weighted by molar-refractivity contribution is -0.608. The maximum absolute atomic E-state index is 12.7. The number of halogens is 2. The van der Waals surface area contributed by atoms with E-state index in [9.17, 15) is 15.2 Å². The fraction of sp³-hybridized carbons (Fsp3) is 0.353. The summed E-state index contributed by atoms with van der Waals surface area (Å²) in [5.74, 6) is -0.0599. The first-order valence-electron chi connectivity index (χ1n) is 8.04. The van der Waals surface area contributed by atoms with Crippen LogP contribution in [0, 0.1) is 10.4 Å². The number of carbonyl (C=O) groups excluding carboxylic acids is 1. The summed E-state index contributed by atoms with van der Waals surface area (Å²) in [6.45, 7) is 1.00. The Balaban J connectivity index is 1.89. The molecule has 0 bridgehead atoms. The van der Waals surface area contributed by atoms with Crippen molar-refractivity contribution >= 4 is 29.0 Å². The molecule has 3 heterocycles. The summed E-state index contributed by atoms with van der Waals surface area (Å²) in [7, 11) is 1.40. The van der Waals surface area contributed by atoms with Gasteiger partial charge >= 0.3 is 0 Å². The van der Waals surface area contributed by atoms with Crippen molar-refractivity contribution in [2.45, 2.75) is 18.9 Å². The van der Waals surface area contributed by atoms with Crippen LogP contribution in [-0.2, 0) is 11.2 Å². The van der Waals surface area contributed by atoms with Gasteiger partial charge in [0, 0.05) is 18.4 Å². The van der Waals surface area contributed by atoms with E-state index >= 15 is 0 Å². The van der Waals surface area contributed by atoms with E-state index in [1.807, 2.05) is 0 Å². The van der Waals surface area contributed by atoms with Gasteiger partial charge in [0.25, 0.3) is 5.69 Å². The fourth-order valence-electron chi connectivity index (χ4n) is 2.68. The Bertz CT molecular complexity index is 848. The zero-order chi connectivity index (χ0) is 19.6. The Morgan fingerprint density at radius 3 is 2.56 bits per heavy atom. The molecule has 3 rings (SSSR count). The molecule has 2 aromatic rings. The average Bonchev–Trinajstić information content (AvgIpc) is 3.12. The van der Waals surface area contributed by atoms with Crippen molar-refractivity contribution < 1.29 is 28.5 Å². The lowest BCUT2D eigenvalue weighted by atomic mass is 10.1. The minimum absolute atomic E-state index is 0.0383. The molecular formula is C17H16Cl2N2O6. The molecule has 0 radical (unpaired) electrons. The third kappa shape index (κ3) is 4.35. The van der Waals surface area contributed by atoms with Crippen LogP contribution in [0.15, 0.2) is 24.7 Å². The molecule has 1 atom stereocenters. The van der Waals surface area contributed by atoms with Crippen molar-refractivity contribution in [3.8, 4) is 11.5 Å². The maximum Gasteiger partial charge on any atom is 0.264 e. The monoisotopic (exact) mass is 414 g/mol. The summed E-state index contributed by atoms with van der Waals surface area (Å²) >= 11 is 12.0. The van der Waals surface area contributed by atoms with Gasteiger partial charge in [0.2, 0.25) is 17.7 Å². The average molecular weight is 415 g/mol. The van der Waals surface area contributed by atoms with E-state index in [1.165, 1.54) is 13.2 Å². The van der Waals surface area contributed by atoms with Gasteiger partial charge in [-0.3, -0.25) is 4.79 Å². The Kier molecular flexibility index (Phi) is 5.88. The van der Waals surface area contributed by atoms with Crippen molar-refractivity contribution in [3.63, 3.8) is 0 Å². The molecule has 0 saturated carbocycles. The third-order valence-corrected chi connectivity index (χ3v) is 4.72. The number of rotatable bonds is 6. The SMILES string of the molecule is COc1c[n+]([O-])c(C(=O)Cc2c(Cl)c[n+]([O-])cc2Cl)cc1OC1CCOC1. The van der Waals surface area contributed by atoms with Crippen molar-refractivity contribution in [1.29, 1.82) is 0 Å². The minimum atomic E-state index is -0.535. The summed E-state index contributed by atoms with van der Waals surface area (Å²) in [6, 6.07) is 1.32. The Morgan fingerprint density at radius 1 is 1.26 bits per heavy atom. The molecule has 8 nitrogen and oxygen atoms in total. The molecule has 1 aliphatic rings. The largest absolute Gasteiger partial charge is 0.619 e. The van der Waals surface area contributed by atoms with Crippen molar-refractivity contribution in [1.82, 2.24) is 0 Å². The second kappa shape index (κ2) is 8.16. The summed E-state index contributed by atoms with van der Waals surface area (Å²) in [6.07, 6.45) is 3.56. The molecule has 2 aromatic heterocycles. The molecule has 0 aliphatic carbocycles. The van der Waals surface area contributed by atoms with Gasteiger partial charge in [0.1, 0.15) is 16.1 Å². The van der Waals surface area contributed by atoms with Gasteiger partial charge in [-0.05, 0) is 0 Å². The normalized spacial score (nSPS) is 16.3. The van der Waals surface area contributed by atoms with E-state index in [0.29, 0.717) is 29.1 Å². The Labute approximate surface area is 165 Å². The highest BCUT2D eigenvalue weighted by molar-refractivity contribution is 6.36. The number of ketones is 1. The molecule has 0 amide bonds. The van der Waals surface area contributed by atoms with Crippen LogP contribution in [0.3, 0.4) is 0 Å². The molecule has 1 unspecified atom stereocenters. The molecule has 1 aliphatic heterocycles. The van der Waals surface area contributed by atoms with Crippen LogP contribution in [0.5, 0.6) is 11.5 Å². The first kappa shape index (κ1) is 19.5. The highest BCUT2D eigenvalue weighted by Crippen LogP contribution is 2.29. The Morgan fingerprint density at radius 2 is 1.96 bits per heavy atom. The van der Waals surface area contributed by atoms with E-state index in [4.69, 9.17) is 37.4 Å². The van der Waals surface area contributed by atoms with Gasteiger partial charge in [-0.25, -0.2) is 0 Å². The van der Waals surface area contributed by atoms with E-state index in [-0.39, 0.29) is 45.3 Å². The van der Waals surface area contributed by atoms with Gasteiger partial charge in [0.05, 0.1) is 26.4 Å². The van der Waals surface area contributed by atoms with Gasteiger partial charge < -0.3 is 24.6 Å². The van der Waals surface area contributed by atoms with Crippen LogP contribution in [-0.4, -0.2) is 32.2 Å². The fourth-order valence-corrected chi connectivity index (χ4v) is 3.26. The van der Waals surface area contributed by atoms with Crippen LogP contribution >= 0.6 is 23.2 Å². The quantitative estimate of drug-likeness (QED) is 0.406. The van der Waals surface area contributed by atoms with Crippen molar-refractivity contribution in [2.24, 2.45) is 0 Å². The molecule has 27 heavy (non-hydrogen) atoms. The van der Waals surface area contributed by atoms with Gasteiger partial charge in [-0.2, -0.15) is 9.46 Å². The molecule has 0 spiro atoms. The standard InChI is InChI=1S/C17H16Cl2N2O6/c1-25-17-8-21(24)14(5-16(17)27-10-2-3-26-9-10)15(22)4-11-12(18)6-20(23)7-13(11)19/h5-8,10H,2-4,9H2,1H3. The van der Waals surface area contributed by atoms with Crippen molar-refractivity contribution in [3.05, 3.63) is 56.4 Å². The lowest BCUT2D eigenvalue weighted by Crippen LogP contribution is -2.35. The van der Waals surface area contributed by atoms with Gasteiger partial charge in [-0.1, -0.05) is 23.2 Å². The van der Waals surface area contributed by atoms with Crippen LogP contribution in [0.2, 0.25) is 10.0 Å². The number of aromatic nitrogens is 2. The number of carbonyl (C=O) groups is 1. The van der Waals surface area contributed by atoms with E-state index in [2.05, 4.69) is 0 Å². The Hall–Kier alpha value is -2.29. The first-order chi connectivity index (χ1) is 12.9. The second-order valence-electron chi connectivity index (χ2n) is 5.91. The molecule has 0 N–H and O–H groups in total. The van der Waals surface area contributed by atoms with Crippen LogP contribution in [0.25, 0.3) is 0 Å². The number of hydrogen-bond donors (Lipinski definition) is 0. The summed E-state index contributed by atoms with van der Waals surface area (Å²) < 4.78 is 17.1. The lowest BCUT2D eigenvalue weighted by Gasteiger charge is -2.15. The zero-order valence-corrected chi connectivity index (χ0v) is 15.8. The molecule has 10 heteroatoms. The van der Waals surface area contributed by atoms with E-state index in [0.717, 1.165) is 18.6 Å². The van der Waals surface area contributed by atoms with Crippen molar-refractivity contribution in [2.75, 3.05) is 20.3 Å². The van der Waals surface area contributed by atoms with E-state index in [1.54, 1.807) is 0 Å². The molecule has 1 fully saturated rings. The number of nitrogens with zero attached hydrogens (tertiary/aromatic N) is 2. The topological polar surface area (TPSA) is 98.6 Å². The van der Waals surface area contributed by atoms with E-state index < -0.39 is 5.78 Å². The smallest absolute Gasteiger partial charge is 0.264 e. The highest BCUT2D eigenvalue weighted by atomic mass is 35.5. The minimum Gasteiger partial charge on any atom is -0.619 e. The summed E-state index contributed by atoms with van der Waals surface area (Å²) in [5, 5.41) is 23.7. The number of pyridine rings is 2. The number of ether oxygens (including phenoxy) is 3. The second-order valence-corrected chi connectivity index (χ2v) is 6.73. The number of methoxy groups -OCH3 is 1. The maximum atomic E-state index is 12.7. The van der Waals surface area contributed by atoms with Gasteiger partial charge in [0.15, 0.2) is 18.1 Å². The predicted octanol–water partition coefficient (Wildman–Crippen LogP) is 1.86. The highest BCUT2D eigenvalue weighted by Gasteiger charge is 2.26. The van der Waals surface area contributed by atoms with Crippen LogP contribution in [0.1, 0.15) is 22.5 Å². The number of hydrogen-bond acceptors (Lipinski definition) is 6. The predicted molar refractivity (Wildman–Crippen MR) is 95.3 cm³/mol. The number of Topliss-reactive ketones (excluding diaryl/α,β-unsaturated/α-hetero) is 1. The summed E-state index contributed by atoms with van der Waals surface area (Å²) in [5.41, 5.74) is 0.105. The van der Waals surface area contributed by atoms with Gasteiger partial charge in [-0.15, -0.1) is 0 Å². The first-order valence-corrected chi connectivity index (χ1v) is 8.80.